The van der Waals surface area contributed by atoms with Gasteiger partial charge in [0, 0.05) is 37.5 Å². The molecule has 0 radical (unpaired) electrons. The van der Waals surface area contributed by atoms with Gasteiger partial charge in [-0.2, -0.15) is 0 Å². The first-order valence-electron chi connectivity index (χ1n) is 11.0. The number of pyridine rings is 1. The summed E-state index contributed by atoms with van der Waals surface area (Å²) in [6, 6.07) is 7.77. The van der Waals surface area contributed by atoms with Gasteiger partial charge in [-0.25, -0.2) is 19.9 Å². The first-order valence-corrected chi connectivity index (χ1v) is 11.4. The summed E-state index contributed by atoms with van der Waals surface area (Å²) in [6.07, 6.45) is 4.09. The Bertz CT molecular complexity index is 1320. The number of aromatic nitrogens is 5. The predicted molar refractivity (Wildman–Crippen MR) is 129 cm³/mol. The Kier molecular flexibility index (Phi) is 5.72. The van der Waals surface area contributed by atoms with Gasteiger partial charge in [0.1, 0.15) is 17.7 Å². The van der Waals surface area contributed by atoms with Crippen LogP contribution in [0.4, 0.5) is 11.6 Å². The molecule has 0 unspecified atom stereocenters. The van der Waals surface area contributed by atoms with Crippen molar-refractivity contribution in [2.75, 3.05) is 30.3 Å². The van der Waals surface area contributed by atoms with Crippen LogP contribution in [-0.2, 0) is 4.79 Å². The quantitative estimate of drug-likeness (QED) is 0.395. The number of hydrogen-bond donors (Lipinski definition) is 3. The highest BCUT2D eigenvalue weighted by Crippen LogP contribution is 2.32. The van der Waals surface area contributed by atoms with Crippen molar-refractivity contribution in [3.8, 4) is 0 Å². The second-order valence-corrected chi connectivity index (χ2v) is 8.83. The van der Waals surface area contributed by atoms with Crippen molar-refractivity contribution in [3.05, 3.63) is 47.5 Å². The van der Waals surface area contributed by atoms with E-state index in [0.29, 0.717) is 27.9 Å². The number of rotatable bonds is 6. The number of hydrogen-bond acceptors (Lipinski definition) is 7. The number of benzene rings is 1. The molecule has 5 rings (SSSR count). The molecule has 9 nitrogen and oxygen atoms in total. The van der Waals surface area contributed by atoms with Crippen molar-refractivity contribution in [3.63, 3.8) is 0 Å². The molecular formula is C23H25ClN8O. The van der Waals surface area contributed by atoms with Crippen LogP contribution in [0.25, 0.3) is 22.1 Å². The Hall–Kier alpha value is -3.46. The normalized spacial score (nSPS) is 16.9. The van der Waals surface area contributed by atoms with Crippen molar-refractivity contribution in [1.82, 2.24) is 29.8 Å². The molecule has 0 aliphatic carbocycles. The predicted octanol–water partition coefficient (Wildman–Crippen LogP) is 4.01. The van der Waals surface area contributed by atoms with E-state index in [9.17, 15) is 4.79 Å². The molecule has 33 heavy (non-hydrogen) atoms. The smallest absolute Gasteiger partial charge is 0.219 e. The number of carbonyl (C=O) groups excluding carboxylic acids is 1. The number of nitrogens with one attached hydrogen (secondary N) is 3. The zero-order valence-electron chi connectivity index (χ0n) is 18.5. The summed E-state index contributed by atoms with van der Waals surface area (Å²) in [6.45, 7) is 5.97. The summed E-state index contributed by atoms with van der Waals surface area (Å²) < 4.78 is 0. The maximum Gasteiger partial charge on any atom is 0.219 e. The fourth-order valence-corrected chi connectivity index (χ4v) is 4.55. The van der Waals surface area contributed by atoms with Crippen LogP contribution >= 0.6 is 11.6 Å². The lowest BCUT2D eigenvalue weighted by atomic mass is 10.0. The number of amides is 1. The van der Waals surface area contributed by atoms with E-state index in [-0.39, 0.29) is 11.9 Å². The lowest BCUT2D eigenvalue weighted by Crippen LogP contribution is -2.27. The van der Waals surface area contributed by atoms with Crippen molar-refractivity contribution in [2.24, 2.45) is 5.92 Å². The number of nitrogens with zero attached hydrogens (tertiary/aromatic N) is 5. The highest BCUT2D eigenvalue weighted by Gasteiger charge is 2.25. The molecular weight excluding hydrogens is 440 g/mol. The molecule has 3 N–H and O–H groups in total. The van der Waals surface area contributed by atoms with Crippen LogP contribution in [0.1, 0.15) is 31.9 Å². The highest BCUT2D eigenvalue weighted by atomic mass is 35.5. The number of H-pyrrole nitrogens is 1. The molecule has 1 amide bonds. The molecule has 1 aliphatic heterocycles. The minimum absolute atomic E-state index is 0.115. The number of para-hydroxylation sites is 1. The number of carbonyl (C=O) groups is 1. The molecule has 1 fully saturated rings. The van der Waals surface area contributed by atoms with Gasteiger partial charge in [-0.05, 0) is 31.4 Å². The largest absolute Gasteiger partial charge is 0.369 e. The van der Waals surface area contributed by atoms with Crippen LogP contribution in [0.3, 0.4) is 0 Å². The van der Waals surface area contributed by atoms with E-state index in [2.05, 4.69) is 43.6 Å². The second kappa shape index (κ2) is 8.82. The van der Waals surface area contributed by atoms with Crippen LogP contribution in [-0.4, -0.2) is 55.4 Å². The van der Waals surface area contributed by atoms with Gasteiger partial charge in [-0.3, -0.25) is 4.79 Å². The monoisotopic (exact) mass is 464 g/mol. The first-order chi connectivity index (χ1) is 16.0. The van der Waals surface area contributed by atoms with E-state index in [1.54, 1.807) is 13.3 Å². The summed E-state index contributed by atoms with van der Waals surface area (Å²) in [5.41, 5.74) is 3.11. The minimum Gasteiger partial charge on any atom is -0.369 e. The maximum absolute atomic E-state index is 11.7. The van der Waals surface area contributed by atoms with Gasteiger partial charge in [0.05, 0.1) is 22.9 Å². The average molecular weight is 465 g/mol. The third-order valence-electron chi connectivity index (χ3n) is 6.15. The topological polar surface area (TPSA) is 112 Å². The SMILES string of the molecule is CC(=O)N1CC[C@H](CNc2nc3c(Cl)cccc3cc2[C@H](C)Nc2ncnc3[nH]cnc23)C1. The van der Waals surface area contributed by atoms with Crippen molar-refractivity contribution >= 4 is 51.2 Å². The molecule has 4 aromatic rings. The standard InChI is InChI=1S/C23H25ClN8O/c1-13(30-23-20-22(27-11-26-20)28-12-29-23)17-8-16-4-3-5-18(24)19(16)31-21(17)25-9-15-6-7-32(10-15)14(2)33/h3-5,8,11-13,15H,6-7,9-10H2,1-2H3,(H,25,31)(H2,26,27,28,29,30)/t13-,15+/m0/s1. The molecule has 2 atom stereocenters. The van der Waals surface area contributed by atoms with Gasteiger partial charge >= 0.3 is 0 Å². The minimum atomic E-state index is -0.115. The number of fused-ring (bicyclic) bond motifs is 2. The molecule has 170 valence electrons. The Morgan fingerprint density at radius 2 is 2.15 bits per heavy atom. The highest BCUT2D eigenvalue weighted by molar-refractivity contribution is 6.35. The second-order valence-electron chi connectivity index (χ2n) is 8.43. The van der Waals surface area contributed by atoms with E-state index in [1.807, 2.05) is 23.1 Å². The van der Waals surface area contributed by atoms with Crippen LogP contribution in [0.2, 0.25) is 5.02 Å². The van der Waals surface area contributed by atoms with Gasteiger partial charge in [-0.15, -0.1) is 0 Å². The molecule has 10 heteroatoms. The maximum atomic E-state index is 11.7. The average Bonchev–Trinajstić information content (AvgIpc) is 3.48. The molecule has 0 spiro atoms. The Labute approximate surface area is 196 Å². The molecule has 1 saturated heterocycles. The molecule has 3 aromatic heterocycles. The lowest BCUT2D eigenvalue weighted by molar-refractivity contribution is -0.127. The molecule has 1 aliphatic rings. The van der Waals surface area contributed by atoms with Crippen LogP contribution in [0, 0.1) is 5.92 Å². The Balaban J connectivity index is 1.44. The fraction of sp³-hybridized carbons (Fsp3) is 0.348. The first kappa shape index (κ1) is 21.4. The molecule has 1 aromatic carbocycles. The fourth-order valence-electron chi connectivity index (χ4n) is 4.33. The van der Waals surface area contributed by atoms with Gasteiger partial charge in [0.2, 0.25) is 5.91 Å². The molecule has 0 saturated carbocycles. The van der Waals surface area contributed by atoms with Gasteiger partial charge in [0.25, 0.3) is 0 Å². The van der Waals surface area contributed by atoms with Gasteiger partial charge in [0.15, 0.2) is 11.5 Å². The van der Waals surface area contributed by atoms with Gasteiger partial charge in [-0.1, -0.05) is 23.7 Å². The lowest BCUT2D eigenvalue weighted by Gasteiger charge is -2.21. The van der Waals surface area contributed by atoms with E-state index in [0.717, 1.165) is 48.3 Å². The van der Waals surface area contributed by atoms with Crippen LogP contribution in [0.15, 0.2) is 36.9 Å². The summed E-state index contributed by atoms with van der Waals surface area (Å²) in [5, 5.41) is 8.57. The number of anilines is 2. The van der Waals surface area contributed by atoms with Gasteiger partial charge < -0.3 is 20.5 Å². The van der Waals surface area contributed by atoms with E-state index in [4.69, 9.17) is 16.6 Å². The summed E-state index contributed by atoms with van der Waals surface area (Å²) in [4.78, 5) is 34.4. The summed E-state index contributed by atoms with van der Waals surface area (Å²) in [7, 11) is 0. The Morgan fingerprint density at radius 3 is 2.97 bits per heavy atom. The van der Waals surface area contributed by atoms with Crippen molar-refractivity contribution in [1.29, 1.82) is 0 Å². The summed E-state index contributed by atoms with van der Waals surface area (Å²) >= 11 is 6.45. The number of halogens is 1. The van der Waals surface area contributed by atoms with Crippen LogP contribution < -0.4 is 10.6 Å². The van der Waals surface area contributed by atoms with Crippen molar-refractivity contribution < 1.29 is 4.79 Å². The van der Waals surface area contributed by atoms with E-state index in [1.165, 1.54) is 6.33 Å². The zero-order chi connectivity index (χ0) is 22.9. The Morgan fingerprint density at radius 1 is 1.27 bits per heavy atom. The van der Waals surface area contributed by atoms with Crippen molar-refractivity contribution in [2.45, 2.75) is 26.3 Å². The third kappa shape index (κ3) is 4.28. The van der Waals surface area contributed by atoms with Crippen LogP contribution in [0.5, 0.6) is 0 Å². The number of imidazole rings is 1. The molecule has 0 bridgehead atoms. The third-order valence-corrected chi connectivity index (χ3v) is 6.46. The zero-order valence-corrected chi connectivity index (χ0v) is 19.2. The number of aromatic amines is 1. The summed E-state index contributed by atoms with van der Waals surface area (Å²) in [5.74, 6) is 1.92. The molecule has 4 heterocycles. The number of likely N-dealkylation sites (tertiary alicyclic amines) is 1. The van der Waals surface area contributed by atoms with E-state index < -0.39 is 0 Å². The van der Waals surface area contributed by atoms with E-state index >= 15 is 0 Å².